The number of nitrogens with zero attached hydrogens (tertiary/aromatic N) is 3. The summed E-state index contributed by atoms with van der Waals surface area (Å²) in [6.45, 7) is 0.621. The molecule has 1 fully saturated rings. The van der Waals surface area contributed by atoms with Gasteiger partial charge in [-0.2, -0.15) is 18.3 Å². The lowest BCUT2D eigenvalue weighted by Crippen LogP contribution is -2.39. The molecule has 9 heteroatoms. The number of fused-ring (bicyclic) bond motifs is 1. The van der Waals surface area contributed by atoms with Gasteiger partial charge < -0.3 is 10.2 Å². The van der Waals surface area contributed by atoms with Gasteiger partial charge in [0.15, 0.2) is 5.69 Å². The number of benzene rings is 2. The molecule has 35 heavy (non-hydrogen) atoms. The van der Waals surface area contributed by atoms with E-state index in [1.807, 2.05) is 30.3 Å². The van der Waals surface area contributed by atoms with Crippen LogP contribution in [-0.2, 0) is 23.8 Å². The van der Waals surface area contributed by atoms with Gasteiger partial charge in [-0.05, 0) is 55.5 Å². The van der Waals surface area contributed by atoms with Crippen molar-refractivity contribution in [1.82, 2.24) is 20.0 Å². The van der Waals surface area contributed by atoms with E-state index in [1.165, 1.54) is 6.07 Å². The van der Waals surface area contributed by atoms with Crippen molar-refractivity contribution in [2.75, 3.05) is 13.1 Å². The molecule has 2 amide bonds. The highest BCUT2D eigenvalue weighted by Crippen LogP contribution is 2.32. The van der Waals surface area contributed by atoms with Crippen LogP contribution in [0.5, 0.6) is 0 Å². The molecule has 3 aromatic rings. The Hall–Kier alpha value is -3.62. The number of likely N-dealkylation sites (tertiary alicyclic amines) is 1. The molecule has 182 valence electrons. The average Bonchev–Trinajstić information content (AvgIpc) is 3.56. The molecule has 0 saturated carbocycles. The van der Waals surface area contributed by atoms with Crippen molar-refractivity contribution in [3.63, 3.8) is 0 Å². The van der Waals surface area contributed by atoms with E-state index in [-0.39, 0.29) is 18.1 Å². The van der Waals surface area contributed by atoms with Crippen LogP contribution >= 0.6 is 0 Å². The number of para-hydroxylation sites is 1. The fourth-order valence-corrected chi connectivity index (χ4v) is 4.91. The first-order valence-corrected chi connectivity index (χ1v) is 11.7. The molecule has 1 unspecified atom stereocenters. The summed E-state index contributed by atoms with van der Waals surface area (Å²) in [4.78, 5) is 27.3. The Bertz CT molecular complexity index is 1250. The second-order valence-electron chi connectivity index (χ2n) is 8.97. The maximum absolute atomic E-state index is 13.5. The van der Waals surface area contributed by atoms with Crippen LogP contribution in [0.1, 0.15) is 58.2 Å². The van der Waals surface area contributed by atoms with Crippen LogP contribution in [0.3, 0.4) is 0 Å². The Morgan fingerprint density at radius 3 is 2.54 bits per heavy atom. The quantitative estimate of drug-likeness (QED) is 0.564. The number of alkyl halides is 3. The molecule has 0 bridgehead atoms. The molecular formula is C26H25F3N4O2. The van der Waals surface area contributed by atoms with E-state index in [1.54, 1.807) is 15.6 Å². The Morgan fingerprint density at radius 1 is 1.03 bits per heavy atom. The summed E-state index contributed by atoms with van der Waals surface area (Å²) in [7, 11) is 0. The molecule has 1 aliphatic carbocycles. The van der Waals surface area contributed by atoms with E-state index in [0.29, 0.717) is 31.4 Å². The Kier molecular flexibility index (Phi) is 6.08. The van der Waals surface area contributed by atoms with Gasteiger partial charge in [0.1, 0.15) is 0 Å². The third kappa shape index (κ3) is 4.67. The fraction of sp³-hybridized carbons (Fsp3) is 0.346. The molecule has 2 aliphatic rings. The topological polar surface area (TPSA) is 67.2 Å². The van der Waals surface area contributed by atoms with E-state index in [4.69, 9.17) is 0 Å². The molecule has 1 atom stereocenters. The second kappa shape index (κ2) is 9.20. The highest BCUT2D eigenvalue weighted by molar-refractivity contribution is 5.94. The van der Waals surface area contributed by atoms with Gasteiger partial charge in [0.05, 0.1) is 17.3 Å². The standard InChI is InChI=1S/C26H25F3N4O2/c27-26(28,29)18-8-4-7-17(15-18)21(16-32-14-6-13-23(32)34)30-25(35)24-20-11-5-12-22(20)33(31-24)19-9-2-1-3-10-19/h1-4,7-10,15,21H,5-6,11-14,16H2,(H,30,35). The first-order chi connectivity index (χ1) is 16.8. The minimum atomic E-state index is -4.51. The molecule has 1 aromatic heterocycles. The number of hydrogen-bond acceptors (Lipinski definition) is 3. The van der Waals surface area contributed by atoms with Crippen LogP contribution in [0.4, 0.5) is 13.2 Å². The van der Waals surface area contributed by atoms with Gasteiger partial charge in [-0.1, -0.05) is 30.3 Å². The third-order valence-corrected chi connectivity index (χ3v) is 6.64. The summed E-state index contributed by atoms with van der Waals surface area (Å²) in [5.41, 5.74) is 2.48. The zero-order chi connectivity index (χ0) is 24.6. The zero-order valence-corrected chi connectivity index (χ0v) is 19.0. The summed E-state index contributed by atoms with van der Waals surface area (Å²) in [6, 6.07) is 13.6. The first kappa shape index (κ1) is 23.1. The van der Waals surface area contributed by atoms with E-state index < -0.39 is 23.7 Å². The van der Waals surface area contributed by atoms with Crippen molar-refractivity contribution in [3.05, 3.63) is 82.7 Å². The lowest BCUT2D eigenvalue weighted by atomic mass is 10.0. The Balaban J connectivity index is 1.47. The number of halogens is 3. The average molecular weight is 483 g/mol. The number of rotatable bonds is 6. The smallest absolute Gasteiger partial charge is 0.342 e. The van der Waals surface area contributed by atoms with Crippen molar-refractivity contribution < 1.29 is 22.8 Å². The molecule has 2 heterocycles. The molecule has 0 radical (unpaired) electrons. The van der Waals surface area contributed by atoms with E-state index in [0.717, 1.165) is 41.9 Å². The van der Waals surface area contributed by atoms with Crippen LogP contribution in [-0.4, -0.2) is 39.6 Å². The number of carbonyl (C=O) groups is 2. The third-order valence-electron chi connectivity index (χ3n) is 6.64. The summed E-state index contributed by atoms with van der Waals surface area (Å²) < 4.78 is 41.9. The van der Waals surface area contributed by atoms with Crippen molar-refractivity contribution in [3.8, 4) is 5.69 Å². The van der Waals surface area contributed by atoms with Gasteiger partial charge in [-0.25, -0.2) is 4.68 Å². The van der Waals surface area contributed by atoms with Gasteiger partial charge in [0, 0.05) is 30.8 Å². The van der Waals surface area contributed by atoms with Crippen LogP contribution in [0, 0.1) is 0 Å². The summed E-state index contributed by atoms with van der Waals surface area (Å²) >= 11 is 0. The van der Waals surface area contributed by atoms with Gasteiger partial charge in [0.2, 0.25) is 5.91 Å². The van der Waals surface area contributed by atoms with Crippen molar-refractivity contribution in [2.24, 2.45) is 0 Å². The molecule has 0 spiro atoms. The second-order valence-corrected chi connectivity index (χ2v) is 8.97. The summed E-state index contributed by atoms with van der Waals surface area (Å²) in [5.74, 6) is -0.516. The van der Waals surface area contributed by atoms with Crippen LogP contribution in [0.25, 0.3) is 5.69 Å². The van der Waals surface area contributed by atoms with Crippen LogP contribution in [0.15, 0.2) is 54.6 Å². The lowest BCUT2D eigenvalue weighted by Gasteiger charge is -2.25. The molecule has 1 N–H and O–H groups in total. The van der Waals surface area contributed by atoms with Gasteiger partial charge >= 0.3 is 6.18 Å². The van der Waals surface area contributed by atoms with Crippen molar-refractivity contribution in [1.29, 1.82) is 0 Å². The highest BCUT2D eigenvalue weighted by atomic mass is 19.4. The predicted octanol–water partition coefficient (Wildman–Crippen LogP) is 4.47. The maximum Gasteiger partial charge on any atom is 0.416 e. The van der Waals surface area contributed by atoms with E-state index >= 15 is 0 Å². The maximum atomic E-state index is 13.5. The number of aromatic nitrogens is 2. The number of hydrogen-bond donors (Lipinski definition) is 1. The monoisotopic (exact) mass is 482 g/mol. The van der Waals surface area contributed by atoms with Crippen molar-refractivity contribution in [2.45, 2.75) is 44.3 Å². The minimum Gasteiger partial charge on any atom is -0.342 e. The van der Waals surface area contributed by atoms with Crippen molar-refractivity contribution >= 4 is 11.8 Å². The Morgan fingerprint density at radius 2 is 1.83 bits per heavy atom. The molecular weight excluding hydrogens is 457 g/mol. The van der Waals surface area contributed by atoms with Gasteiger partial charge in [0.25, 0.3) is 5.91 Å². The normalized spacial score (nSPS) is 16.4. The summed E-state index contributed by atoms with van der Waals surface area (Å²) in [5, 5.41) is 7.49. The molecule has 1 aliphatic heterocycles. The zero-order valence-electron chi connectivity index (χ0n) is 19.0. The predicted molar refractivity (Wildman–Crippen MR) is 123 cm³/mol. The van der Waals surface area contributed by atoms with Crippen LogP contribution in [0.2, 0.25) is 0 Å². The molecule has 6 nitrogen and oxygen atoms in total. The van der Waals surface area contributed by atoms with E-state index in [2.05, 4.69) is 10.4 Å². The van der Waals surface area contributed by atoms with E-state index in [9.17, 15) is 22.8 Å². The fourth-order valence-electron chi connectivity index (χ4n) is 4.91. The molecule has 1 saturated heterocycles. The molecule has 2 aromatic carbocycles. The minimum absolute atomic E-state index is 0.0644. The Labute approximate surface area is 200 Å². The van der Waals surface area contributed by atoms with Crippen LogP contribution < -0.4 is 5.32 Å². The lowest BCUT2D eigenvalue weighted by molar-refractivity contribution is -0.137. The SMILES string of the molecule is O=C(NC(CN1CCCC1=O)c1cccc(C(F)(F)F)c1)c1nn(-c2ccccc2)c2c1CCC2. The highest BCUT2D eigenvalue weighted by Gasteiger charge is 2.33. The number of nitrogens with one attached hydrogen (secondary N) is 1. The largest absolute Gasteiger partial charge is 0.416 e. The summed E-state index contributed by atoms with van der Waals surface area (Å²) in [6.07, 6.45) is -1.01. The molecule has 5 rings (SSSR count). The number of carbonyl (C=O) groups excluding carboxylic acids is 2. The number of amides is 2. The van der Waals surface area contributed by atoms with Gasteiger partial charge in [-0.3, -0.25) is 9.59 Å². The first-order valence-electron chi connectivity index (χ1n) is 11.7. The van der Waals surface area contributed by atoms with Gasteiger partial charge in [-0.15, -0.1) is 0 Å².